The molecule has 0 fully saturated rings. The highest BCUT2D eigenvalue weighted by Gasteiger charge is 2.15. The summed E-state index contributed by atoms with van der Waals surface area (Å²) in [6, 6.07) is 3.49. The highest BCUT2D eigenvalue weighted by Crippen LogP contribution is 2.38. The normalized spacial score (nSPS) is 10.7. The van der Waals surface area contributed by atoms with Crippen LogP contribution in [0.25, 0.3) is 6.08 Å². The van der Waals surface area contributed by atoms with E-state index in [1.165, 1.54) is 34.3 Å². The Balaban J connectivity index is 2.28. The molecule has 0 aliphatic carbocycles. The Morgan fingerprint density at radius 3 is 2.23 bits per heavy atom. The molecule has 0 unspecified atom stereocenters. The molecule has 0 bridgehead atoms. The quantitative estimate of drug-likeness (QED) is 0.589. The fourth-order valence-electron chi connectivity index (χ4n) is 2.27. The third kappa shape index (κ3) is 4.40. The van der Waals surface area contributed by atoms with E-state index in [1.807, 2.05) is 0 Å². The average Bonchev–Trinajstić information content (AvgIpc) is 2.97. The molecule has 2 aromatic rings. The number of nitrogens with zero attached hydrogens (tertiary/aromatic N) is 1. The summed E-state index contributed by atoms with van der Waals surface area (Å²) < 4.78 is 15.9. The van der Waals surface area contributed by atoms with Crippen molar-refractivity contribution in [2.75, 3.05) is 26.6 Å². The first kappa shape index (κ1) is 19.5. The Hall–Kier alpha value is -2.87. The molecule has 0 spiro atoms. The predicted octanol–water partition coefficient (Wildman–Crippen LogP) is 3.33. The van der Waals surface area contributed by atoms with E-state index >= 15 is 0 Å². The molecule has 0 saturated heterocycles. The molecule has 8 heteroatoms. The minimum absolute atomic E-state index is 0.203. The largest absolute Gasteiger partial charge is 0.493 e. The van der Waals surface area contributed by atoms with Crippen LogP contribution in [-0.2, 0) is 4.79 Å². The standard InChI is InChI=1S/C18H20N2O5S/c1-10-17(26-18(19-10)20-11(2)21)13(22)7-6-12-8-14(23-3)16(25-5)15(9-12)24-4/h6-9H,1-5H3,(H,19,20,21). The number of anilines is 1. The summed E-state index contributed by atoms with van der Waals surface area (Å²) in [7, 11) is 4.58. The van der Waals surface area contributed by atoms with Gasteiger partial charge in [0.1, 0.15) is 0 Å². The molecule has 0 aliphatic rings. The SMILES string of the molecule is COc1cc(C=CC(=O)c2sc(NC(C)=O)nc2C)cc(OC)c1OC. The van der Waals surface area contributed by atoms with Crippen molar-refractivity contribution in [2.45, 2.75) is 13.8 Å². The van der Waals surface area contributed by atoms with Gasteiger partial charge < -0.3 is 19.5 Å². The van der Waals surface area contributed by atoms with Crippen LogP contribution in [0.15, 0.2) is 18.2 Å². The van der Waals surface area contributed by atoms with Crippen LogP contribution in [0.2, 0.25) is 0 Å². The summed E-state index contributed by atoms with van der Waals surface area (Å²) in [5.41, 5.74) is 1.29. The van der Waals surface area contributed by atoms with Crippen molar-refractivity contribution < 1.29 is 23.8 Å². The van der Waals surface area contributed by atoms with Gasteiger partial charge in [-0.25, -0.2) is 4.98 Å². The van der Waals surface area contributed by atoms with Crippen LogP contribution in [0, 0.1) is 6.92 Å². The number of thiazole rings is 1. The highest BCUT2D eigenvalue weighted by molar-refractivity contribution is 7.17. The number of ether oxygens (including phenoxy) is 3. The van der Waals surface area contributed by atoms with E-state index in [4.69, 9.17) is 14.2 Å². The fourth-order valence-corrected chi connectivity index (χ4v) is 3.21. The second-order valence-corrected chi connectivity index (χ2v) is 6.27. The number of benzene rings is 1. The van der Waals surface area contributed by atoms with Gasteiger partial charge in [-0.3, -0.25) is 9.59 Å². The van der Waals surface area contributed by atoms with E-state index in [2.05, 4.69) is 10.3 Å². The van der Waals surface area contributed by atoms with Crippen molar-refractivity contribution in [3.63, 3.8) is 0 Å². The van der Waals surface area contributed by atoms with Gasteiger partial charge in [0, 0.05) is 6.92 Å². The lowest BCUT2D eigenvalue weighted by Gasteiger charge is -2.12. The van der Waals surface area contributed by atoms with Crippen LogP contribution < -0.4 is 19.5 Å². The molecular formula is C18H20N2O5S. The van der Waals surface area contributed by atoms with Crippen LogP contribution in [0.3, 0.4) is 0 Å². The van der Waals surface area contributed by atoms with Gasteiger partial charge in [0.15, 0.2) is 22.4 Å². The number of amides is 1. The van der Waals surface area contributed by atoms with E-state index in [0.717, 1.165) is 16.9 Å². The molecule has 7 nitrogen and oxygen atoms in total. The Labute approximate surface area is 155 Å². The van der Waals surface area contributed by atoms with Gasteiger partial charge in [0.05, 0.1) is 31.9 Å². The number of allylic oxidation sites excluding steroid dienone is 1. The molecule has 1 aromatic carbocycles. The molecule has 1 amide bonds. The number of carbonyl (C=O) groups is 2. The van der Waals surface area contributed by atoms with E-state index in [9.17, 15) is 9.59 Å². The first-order valence-corrected chi connectivity index (χ1v) is 8.48. The molecule has 0 atom stereocenters. The second kappa shape index (κ2) is 8.48. The van der Waals surface area contributed by atoms with Gasteiger partial charge >= 0.3 is 0 Å². The lowest BCUT2D eigenvalue weighted by Crippen LogP contribution is -2.04. The van der Waals surface area contributed by atoms with E-state index in [0.29, 0.717) is 33.0 Å². The minimum atomic E-state index is -0.231. The van der Waals surface area contributed by atoms with Crippen LogP contribution in [0.1, 0.15) is 27.9 Å². The summed E-state index contributed by atoms with van der Waals surface area (Å²) >= 11 is 1.14. The number of aryl methyl sites for hydroxylation is 1. The van der Waals surface area contributed by atoms with Crippen molar-refractivity contribution in [2.24, 2.45) is 0 Å². The Morgan fingerprint density at radius 2 is 1.73 bits per heavy atom. The number of ketones is 1. The summed E-state index contributed by atoms with van der Waals surface area (Å²) in [6.45, 7) is 3.12. The third-order valence-electron chi connectivity index (χ3n) is 3.42. The summed E-state index contributed by atoms with van der Waals surface area (Å²) in [6.07, 6.45) is 3.10. The minimum Gasteiger partial charge on any atom is -0.493 e. The third-order valence-corrected chi connectivity index (χ3v) is 4.50. The number of hydrogen-bond donors (Lipinski definition) is 1. The first-order chi connectivity index (χ1) is 12.4. The van der Waals surface area contributed by atoms with Gasteiger partial charge in [-0.15, -0.1) is 0 Å². The molecule has 0 radical (unpaired) electrons. The molecule has 0 aliphatic heterocycles. The van der Waals surface area contributed by atoms with Crippen molar-refractivity contribution in [1.82, 2.24) is 4.98 Å². The maximum atomic E-state index is 12.5. The number of carbonyl (C=O) groups excluding carboxylic acids is 2. The van der Waals surface area contributed by atoms with Crippen LogP contribution in [0.5, 0.6) is 17.2 Å². The fraction of sp³-hybridized carbons (Fsp3) is 0.278. The second-order valence-electron chi connectivity index (χ2n) is 5.27. The van der Waals surface area contributed by atoms with Crippen molar-refractivity contribution in [3.05, 3.63) is 34.3 Å². The lowest BCUT2D eigenvalue weighted by atomic mass is 10.1. The Bertz CT molecular complexity index is 832. The molecule has 1 heterocycles. The van der Waals surface area contributed by atoms with E-state index in [-0.39, 0.29) is 11.7 Å². The monoisotopic (exact) mass is 376 g/mol. The van der Waals surface area contributed by atoms with Crippen molar-refractivity contribution >= 4 is 34.2 Å². The lowest BCUT2D eigenvalue weighted by molar-refractivity contribution is -0.114. The number of rotatable bonds is 7. The average molecular weight is 376 g/mol. The zero-order chi connectivity index (χ0) is 19.3. The number of nitrogens with one attached hydrogen (secondary N) is 1. The van der Waals surface area contributed by atoms with E-state index < -0.39 is 0 Å². The van der Waals surface area contributed by atoms with Gasteiger partial charge in [-0.2, -0.15) is 0 Å². The smallest absolute Gasteiger partial charge is 0.223 e. The van der Waals surface area contributed by atoms with Gasteiger partial charge in [-0.1, -0.05) is 17.4 Å². The Kier molecular flexibility index (Phi) is 6.35. The van der Waals surface area contributed by atoms with Gasteiger partial charge in [0.2, 0.25) is 11.7 Å². The van der Waals surface area contributed by atoms with Crippen LogP contribution in [0.4, 0.5) is 5.13 Å². The molecule has 26 heavy (non-hydrogen) atoms. The predicted molar refractivity (Wildman–Crippen MR) is 101 cm³/mol. The number of aromatic nitrogens is 1. The van der Waals surface area contributed by atoms with Crippen molar-refractivity contribution in [1.29, 1.82) is 0 Å². The number of methoxy groups -OCH3 is 3. The van der Waals surface area contributed by atoms with E-state index in [1.54, 1.807) is 25.1 Å². The Morgan fingerprint density at radius 1 is 1.12 bits per heavy atom. The van der Waals surface area contributed by atoms with Crippen LogP contribution >= 0.6 is 11.3 Å². The molecule has 138 valence electrons. The first-order valence-electron chi connectivity index (χ1n) is 7.67. The zero-order valence-corrected chi connectivity index (χ0v) is 16.0. The molecule has 1 N–H and O–H groups in total. The topological polar surface area (TPSA) is 86.8 Å². The molecular weight excluding hydrogens is 356 g/mol. The summed E-state index contributed by atoms with van der Waals surface area (Å²) in [4.78, 5) is 28.2. The molecule has 2 rings (SSSR count). The molecule has 0 saturated carbocycles. The van der Waals surface area contributed by atoms with Crippen molar-refractivity contribution in [3.8, 4) is 17.2 Å². The van der Waals surface area contributed by atoms with Crippen LogP contribution in [-0.4, -0.2) is 38.0 Å². The summed E-state index contributed by atoms with van der Waals surface area (Å²) in [5, 5.41) is 2.99. The molecule has 1 aromatic heterocycles. The summed E-state index contributed by atoms with van der Waals surface area (Å²) in [5.74, 6) is 1.05. The maximum absolute atomic E-state index is 12.5. The van der Waals surface area contributed by atoms with Gasteiger partial charge in [0.25, 0.3) is 0 Å². The van der Waals surface area contributed by atoms with Gasteiger partial charge in [-0.05, 0) is 30.7 Å². The maximum Gasteiger partial charge on any atom is 0.223 e. The zero-order valence-electron chi connectivity index (χ0n) is 15.2. The number of hydrogen-bond acceptors (Lipinski definition) is 7. The highest BCUT2D eigenvalue weighted by atomic mass is 32.1.